The summed E-state index contributed by atoms with van der Waals surface area (Å²) in [4.78, 5) is 7.90. The van der Waals surface area contributed by atoms with Crippen LogP contribution in [0.25, 0.3) is 0 Å². The van der Waals surface area contributed by atoms with E-state index in [0.29, 0.717) is 12.5 Å². The molecule has 28 heavy (non-hydrogen) atoms. The Bertz CT molecular complexity index is 775. The maximum absolute atomic E-state index is 13.6. The highest BCUT2D eigenvalue weighted by Crippen LogP contribution is 2.40. The molecule has 9 heteroatoms. The van der Waals surface area contributed by atoms with E-state index < -0.39 is 24.0 Å². The molecule has 2 unspecified atom stereocenters. The zero-order valence-corrected chi connectivity index (χ0v) is 16.2. The van der Waals surface area contributed by atoms with Gasteiger partial charge < -0.3 is 20.3 Å². The molecular formula is C19H26F3N5O. The number of halogens is 3. The van der Waals surface area contributed by atoms with Crippen molar-refractivity contribution in [2.45, 2.75) is 38.1 Å². The fourth-order valence-electron chi connectivity index (χ4n) is 2.82. The first kappa shape index (κ1) is 21.7. The summed E-state index contributed by atoms with van der Waals surface area (Å²) >= 11 is 0. The van der Waals surface area contributed by atoms with Crippen molar-refractivity contribution in [2.75, 3.05) is 13.1 Å². The van der Waals surface area contributed by atoms with Gasteiger partial charge in [-0.2, -0.15) is 13.2 Å². The van der Waals surface area contributed by atoms with Gasteiger partial charge in [-0.15, -0.1) is 0 Å². The second-order valence-corrected chi connectivity index (χ2v) is 6.51. The van der Waals surface area contributed by atoms with Crippen LogP contribution in [0.4, 0.5) is 13.2 Å². The molecule has 2 atom stereocenters. The average Bonchev–Trinajstić information content (AvgIpc) is 3.08. The molecule has 2 rings (SSSR count). The number of hydrogen-bond donors (Lipinski definition) is 3. The number of aliphatic hydroxyl groups is 1. The lowest BCUT2D eigenvalue weighted by atomic mass is 9.98. The molecule has 6 nitrogen and oxygen atoms in total. The molecule has 1 aromatic carbocycles. The maximum Gasteiger partial charge on any atom is 0.424 e. The number of benzene rings is 1. The molecule has 0 saturated heterocycles. The summed E-state index contributed by atoms with van der Waals surface area (Å²) in [5, 5.41) is 16.5. The van der Waals surface area contributed by atoms with Gasteiger partial charge in [0.05, 0.1) is 6.04 Å². The summed E-state index contributed by atoms with van der Waals surface area (Å²) in [6.07, 6.45) is -2.92. The van der Waals surface area contributed by atoms with Gasteiger partial charge in [0, 0.05) is 39.0 Å². The van der Waals surface area contributed by atoms with Crippen LogP contribution in [0.2, 0.25) is 0 Å². The van der Waals surface area contributed by atoms with E-state index in [1.165, 1.54) is 19.4 Å². The maximum atomic E-state index is 13.6. The number of aromatic nitrogens is 2. The summed E-state index contributed by atoms with van der Waals surface area (Å²) in [5.41, 5.74) is -2.05. The molecule has 0 saturated carbocycles. The Labute approximate surface area is 162 Å². The first-order valence-corrected chi connectivity index (χ1v) is 9.05. The van der Waals surface area contributed by atoms with E-state index in [4.69, 9.17) is 0 Å². The van der Waals surface area contributed by atoms with Crippen molar-refractivity contribution >= 4 is 5.96 Å². The minimum atomic E-state index is -4.87. The summed E-state index contributed by atoms with van der Waals surface area (Å²) < 4.78 is 41.9. The molecule has 0 radical (unpaired) electrons. The molecule has 0 bridgehead atoms. The second-order valence-electron chi connectivity index (χ2n) is 6.51. The second kappa shape index (κ2) is 9.09. The Morgan fingerprint density at radius 3 is 2.50 bits per heavy atom. The number of nitrogens with one attached hydrogen (secondary N) is 2. The largest absolute Gasteiger partial charge is 0.424 e. The Balaban J connectivity index is 2.14. The van der Waals surface area contributed by atoms with Gasteiger partial charge in [0.15, 0.2) is 5.96 Å². The van der Waals surface area contributed by atoms with Crippen LogP contribution in [-0.4, -0.2) is 39.9 Å². The van der Waals surface area contributed by atoms with Gasteiger partial charge in [-0.25, -0.2) is 4.98 Å². The number of rotatable bonds is 7. The zero-order chi connectivity index (χ0) is 20.8. The third-order valence-electron chi connectivity index (χ3n) is 4.40. The fourth-order valence-corrected chi connectivity index (χ4v) is 2.82. The molecule has 2 aromatic rings. The van der Waals surface area contributed by atoms with Gasteiger partial charge in [0.2, 0.25) is 5.60 Å². The Hall–Kier alpha value is -2.55. The molecule has 0 fully saturated rings. The Morgan fingerprint density at radius 2 is 1.96 bits per heavy atom. The van der Waals surface area contributed by atoms with Gasteiger partial charge in [-0.1, -0.05) is 30.3 Å². The summed E-state index contributed by atoms with van der Waals surface area (Å²) in [7, 11) is 1.41. The van der Waals surface area contributed by atoms with E-state index in [1.807, 2.05) is 44.2 Å². The third-order valence-corrected chi connectivity index (χ3v) is 4.40. The van der Waals surface area contributed by atoms with Crippen LogP contribution in [-0.2, 0) is 12.6 Å². The molecule has 0 aliphatic carbocycles. The first-order chi connectivity index (χ1) is 13.2. The van der Waals surface area contributed by atoms with Gasteiger partial charge in [-0.3, -0.25) is 4.99 Å². The van der Waals surface area contributed by atoms with Gasteiger partial charge in [0.25, 0.3) is 0 Å². The molecule has 3 N–H and O–H groups in total. The lowest BCUT2D eigenvalue weighted by molar-refractivity contribution is -0.272. The number of nitrogens with zero attached hydrogens (tertiary/aromatic N) is 3. The molecule has 0 aliphatic rings. The van der Waals surface area contributed by atoms with E-state index in [1.54, 1.807) is 0 Å². The van der Waals surface area contributed by atoms with E-state index in [2.05, 4.69) is 20.6 Å². The Kier molecular flexibility index (Phi) is 7.06. The lowest BCUT2D eigenvalue weighted by Gasteiger charge is -2.29. The molecular weight excluding hydrogens is 371 g/mol. The number of aliphatic imine (C=N–C) groups is 1. The fraction of sp³-hybridized carbons (Fsp3) is 0.474. The lowest BCUT2D eigenvalue weighted by Crippen LogP contribution is -2.45. The van der Waals surface area contributed by atoms with Gasteiger partial charge >= 0.3 is 6.18 Å². The summed E-state index contributed by atoms with van der Waals surface area (Å²) in [5.74, 6) is -0.0750. The Morgan fingerprint density at radius 1 is 1.29 bits per heavy atom. The standard InChI is InChI=1S/C19H26F3N5O/c1-4-23-17(26-14(2)15-8-6-5-7-9-15)25-11-10-18(28,19(20,21)22)16-24-12-13-27(16)3/h5-9,12-14,28H,4,10-11H2,1-3H3,(H2,23,25,26). The smallest absolute Gasteiger partial charge is 0.374 e. The molecule has 1 aromatic heterocycles. The highest BCUT2D eigenvalue weighted by Gasteiger charge is 2.57. The van der Waals surface area contributed by atoms with Crippen molar-refractivity contribution in [1.29, 1.82) is 0 Å². The molecule has 0 amide bonds. The van der Waals surface area contributed by atoms with Crippen molar-refractivity contribution < 1.29 is 18.3 Å². The molecule has 0 spiro atoms. The van der Waals surface area contributed by atoms with Crippen LogP contribution in [0.5, 0.6) is 0 Å². The van der Waals surface area contributed by atoms with Crippen LogP contribution in [0.1, 0.15) is 37.7 Å². The summed E-state index contributed by atoms with van der Waals surface area (Å²) in [6, 6.07) is 9.54. The predicted octanol–water partition coefficient (Wildman–Crippen LogP) is 2.88. The topological polar surface area (TPSA) is 74.5 Å². The third kappa shape index (κ3) is 5.03. The van der Waals surface area contributed by atoms with Crippen molar-refractivity contribution in [3.63, 3.8) is 0 Å². The van der Waals surface area contributed by atoms with Crippen molar-refractivity contribution in [2.24, 2.45) is 12.0 Å². The number of hydrogen-bond acceptors (Lipinski definition) is 3. The molecule has 154 valence electrons. The van der Waals surface area contributed by atoms with Gasteiger partial charge in [-0.05, 0) is 19.4 Å². The average molecular weight is 397 g/mol. The SMILES string of the molecule is CCNC(=NCCC(O)(c1nccn1C)C(F)(F)F)NC(C)c1ccccc1. The van der Waals surface area contributed by atoms with Crippen LogP contribution in [0, 0.1) is 0 Å². The highest BCUT2D eigenvalue weighted by molar-refractivity contribution is 5.80. The number of guanidine groups is 1. The summed E-state index contributed by atoms with van der Waals surface area (Å²) in [6.45, 7) is 4.11. The van der Waals surface area contributed by atoms with Crippen molar-refractivity contribution in [1.82, 2.24) is 20.2 Å². The van der Waals surface area contributed by atoms with E-state index in [-0.39, 0.29) is 12.6 Å². The van der Waals surface area contributed by atoms with Crippen LogP contribution in [0.15, 0.2) is 47.7 Å². The van der Waals surface area contributed by atoms with Crippen molar-refractivity contribution in [3.05, 3.63) is 54.1 Å². The number of imidazole rings is 1. The van der Waals surface area contributed by atoms with E-state index in [9.17, 15) is 18.3 Å². The zero-order valence-electron chi connectivity index (χ0n) is 16.2. The monoisotopic (exact) mass is 397 g/mol. The minimum Gasteiger partial charge on any atom is -0.374 e. The van der Waals surface area contributed by atoms with Crippen LogP contribution < -0.4 is 10.6 Å². The quantitative estimate of drug-likeness (QED) is 0.496. The predicted molar refractivity (Wildman–Crippen MR) is 102 cm³/mol. The van der Waals surface area contributed by atoms with Gasteiger partial charge in [0.1, 0.15) is 5.82 Å². The molecule has 1 heterocycles. The minimum absolute atomic E-state index is 0.0879. The van der Waals surface area contributed by atoms with Crippen molar-refractivity contribution in [3.8, 4) is 0 Å². The molecule has 0 aliphatic heterocycles. The highest BCUT2D eigenvalue weighted by atomic mass is 19.4. The van der Waals surface area contributed by atoms with Crippen LogP contribution >= 0.6 is 0 Å². The number of aryl methyl sites for hydroxylation is 1. The van der Waals surface area contributed by atoms with E-state index in [0.717, 1.165) is 10.1 Å². The normalized spacial score (nSPS) is 15.8. The first-order valence-electron chi connectivity index (χ1n) is 9.05. The van der Waals surface area contributed by atoms with Crippen LogP contribution in [0.3, 0.4) is 0 Å². The van der Waals surface area contributed by atoms with E-state index >= 15 is 0 Å². The number of alkyl halides is 3.